The molecule has 1 aliphatic rings. The molecule has 0 saturated heterocycles. The van der Waals surface area contributed by atoms with Gasteiger partial charge in [-0.15, -0.1) is 0 Å². The molecule has 1 aromatic carbocycles. The Kier molecular flexibility index (Phi) is 2.00. The van der Waals surface area contributed by atoms with Crippen molar-refractivity contribution in [2.45, 2.75) is 19.6 Å². The van der Waals surface area contributed by atoms with E-state index in [-0.39, 0.29) is 6.23 Å². The van der Waals surface area contributed by atoms with Gasteiger partial charge < -0.3 is 4.74 Å². The van der Waals surface area contributed by atoms with Gasteiger partial charge in [0.15, 0.2) is 6.23 Å². The molecule has 1 heterocycles. The van der Waals surface area contributed by atoms with E-state index in [1.54, 1.807) is 0 Å². The summed E-state index contributed by atoms with van der Waals surface area (Å²) in [5.74, 6) is 1.03. The van der Waals surface area contributed by atoms with E-state index in [0.717, 1.165) is 18.7 Å². The number of hydrogen-bond donors (Lipinski definition) is 1. The fourth-order valence-electron chi connectivity index (χ4n) is 1.52. The van der Waals surface area contributed by atoms with Gasteiger partial charge in [0.1, 0.15) is 5.75 Å². The molecule has 1 aliphatic heterocycles. The number of nitrogens with one attached hydrogen (secondary N) is 1. The average Bonchev–Trinajstić information content (AvgIpc) is 2.47. The molecule has 2 nitrogen and oxygen atoms in total. The van der Waals surface area contributed by atoms with Crippen molar-refractivity contribution in [1.29, 1.82) is 0 Å². The van der Waals surface area contributed by atoms with E-state index in [4.69, 9.17) is 4.74 Å². The quantitative estimate of drug-likeness (QED) is 0.714. The van der Waals surface area contributed by atoms with E-state index in [0.29, 0.717) is 0 Å². The number of para-hydroxylation sites is 1. The lowest BCUT2D eigenvalue weighted by Gasteiger charge is -2.09. The molecule has 2 rings (SSSR count). The Balaban J connectivity index is 2.11. The van der Waals surface area contributed by atoms with Crippen LogP contribution in [0.1, 0.15) is 12.5 Å². The van der Waals surface area contributed by atoms with Crippen molar-refractivity contribution in [3.63, 3.8) is 0 Å². The lowest BCUT2D eigenvalue weighted by atomic mass is 10.1. The van der Waals surface area contributed by atoms with Crippen molar-refractivity contribution in [1.82, 2.24) is 5.32 Å². The number of benzene rings is 1. The van der Waals surface area contributed by atoms with E-state index >= 15 is 0 Å². The molecular formula is C10H13NO. The predicted octanol–water partition coefficient (Wildman–Crippen LogP) is 1.56. The third kappa shape index (κ3) is 1.30. The second-order valence-electron chi connectivity index (χ2n) is 2.98. The van der Waals surface area contributed by atoms with Crippen LogP contribution in [0.25, 0.3) is 0 Å². The summed E-state index contributed by atoms with van der Waals surface area (Å²) in [6.07, 6.45) is 1.18. The maximum Gasteiger partial charge on any atom is 0.154 e. The Bertz CT molecular complexity index is 247. The van der Waals surface area contributed by atoms with Crippen LogP contribution in [-0.2, 0) is 6.42 Å². The fourth-order valence-corrected chi connectivity index (χ4v) is 1.52. The molecule has 0 saturated carbocycles. The molecule has 12 heavy (non-hydrogen) atoms. The number of rotatable bonds is 2. The molecule has 0 fully saturated rings. The monoisotopic (exact) mass is 163 g/mol. The SMILES string of the molecule is CCNC1Cc2ccccc2O1. The number of hydrogen-bond acceptors (Lipinski definition) is 2. The maximum absolute atomic E-state index is 5.64. The van der Waals surface area contributed by atoms with Gasteiger partial charge in [0.05, 0.1) is 0 Å². The van der Waals surface area contributed by atoms with Crippen molar-refractivity contribution < 1.29 is 4.74 Å². The van der Waals surface area contributed by atoms with Crippen molar-refractivity contribution >= 4 is 0 Å². The van der Waals surface area contributed by atoms with Crippen LogP contribution in [0.15, 0.2) is 24.3 Å². The number of likely N-dealkylation sites (N-methyl/N-ethyl adjacent to an activating group) is 1. The molecule has 0 spiro atoms. The van der Waals surface area contributed by atoms with Crippen LogP contribution < -0.4 is 10.1 Å². The van der Waals surface area contributed by atoms with Crippen LogP contribution in [0.2, 0.25) is 0 Å². The van der Waals surface area contributed by atoms with Crippen LogP contribution in [-0.4, -0.2) is 12.8 Å². The first kappa shape index (κ1) is 7.62. The molecule has 1 unspecified atom stereocenters. The summed E-state index contributed by atoms with van der Waals surface area (Å²) in [5, 5.41) is 3.27. The molecule has 64 valence electrons. The van der Waals surface area contributed by atoms with Gasteiger partial charge in [-0.05, 0) is 18.2 Å². The molecule has 0 aromatic heterocycles. The summed E-state index contributed by atoms with van der Waals surface area (Å²) in [5.41, 5.74) is 1.31. The van der Waals surface area contributed by atoms with Crippen LogP contribution in [0.5, 0.6) is 5.75 Å². The zero-order chi connectivity index (χ0) is 8.39. The van der Waals surface area contributed by atoms with Crippen molar-refractivity contribution in [3.05, 3.63) is 29.8 Å². The Morgan fingerprint density at radius 1 is 1.50 bits per heavy atom. The van der Waals surface area contributed by atoms with Crippen LogP contribution in [0.3, 0.4) is 0 Å². The topological polar surface area (TPSA) is 21.3 Å². The van der Waals surface area contributed by atoms with Gasteiger partial charge >= 0.3 is 0 Å². The van der Waals surface area contributed by atoms with Gasteiger partial charge in [-0.2, -0.15) is 0 Å². The summed E-state index contributed by atoms with van der Waals surface area (Å²) in [4.78, 5) is 0. The zero-order valence-electron chi connectivity index (χ0n) is 7.21. The van der Waals surface area contributed by atoms with Gasteiger partial charge in [-0.3, -0.25) is 5.32 Å². The summed E-state index contributed by atoms with van der Waals surface area (Å²) in [6.45, 7) is 3.05. The molecule has 0 aliphatic carbocycles. The summed E-state index contributed by atoms with van der Waals surface area (Å²) in [6, 6.07) is 8.20. The molecule has 1 aromatic rings. The van der Waals surface area contributed by atoms with Gasteiger partial charge in [0, 0.05) is 6.42 Å². The minimum atomic E-state index is 0.187. The standard InChI is InChI=1S/C10H13NO/c1-2-11-10-7-8-5-3-4-6-9(8)12-10/h3-6,10-11H,2,7H2,1H3. The Labute approximate surface area is 72.5 Å². The van der Waals surface area contributed by atoms with Crippen LogP contribution in [0.4, 0.5) is 0 Å². The minimum absolute atomic E-state index is 0.187. The average molecular weight is 163 g/mol. The summed E-state index contributed by atoms with van der Waals surface area (Å²) >= 11 is 0. The first-order chi connectivity index (χ1) is 5.90. The molecule has 1 N–H and O–H groups in total. The van der Waals surface area contributed by atoms with Gasteiger partial charge in [-0.25, -0.2) is 0 Å². The Morgan fingerprint density at radius 2 is 2.33 bits per heavy atom. The zero-order valence-corrected chi connectivity index (χ0v) is 7.21. The van der Waals surface area contributed by atoms with E-state index in [1.165, 1.54) is 5.56 Å². The molecule has 0 radical (unpaired) electrons. The van der Waals surface area contributed by atoms with Crippen molar-refractivity contribution in [3.8, 4) is 5.75 Å². The highest BCUT2D eigenvalue weighted by Crippen LogP contribution is 2.26. The summed E-state index contributed by atoms with van der Waals surface area (Å²) < 4.78 is 5.64. The highest BCUT2D eigenvalue weighted by molar-refractivity contribution is 5.36. The first-order valence-corrected chi connectivity index (χ1v) is 4.38. The van der Waals surface area contributed by atoms with Gasteiger partial charge in [0.2, 0.25) is 0 Å². The molecule has 0 amide bonds. The first-order valence-electron chi connectivity index (χ1n) is 4.38. The van der Waals surface area contributed by atoms with Crippen molar-refractivity contribution in [2.75, 3.05) is 6.54 Å². The smallest absolute Gasteiger partial charge is 0.154 e. The summed E-state index contributed by atoms with van der Waals surface area (Å²) in [7, 11) is 0. The largest absolute Gasteiger partial charge is 0.475 e. The second kappa shape index (κ2) is 3.15. The Hall–Kier alpha value is -1.02. The van der Waals surface area contributed by atoms with E-state index in [1.807, 2.05) is 12.1 Å². The number of ether oxygens (including phenoxy) is 1. The molecule has 0 bridgehead atoms. The van der Waals surface area contributed by atoms with E-state index in [9.17, 15) is 0 Å². The molecule has 1 atom stereocenters. The molecular weight excluding hydrogens is 150 g/mol. The highest BCUT2D eigenvalue weighted by atomic mass is 16.5. The normalized spacial score (nSPS) is 20.2. The third-order valence-electron chi connectivity index (χ3n) is 2.08. The minimum Gasteiger partial charge on any atom is -0.475 e. The van der Waals surface area contributed by atoms with Crippen LogP contribution in [0, 0.1) is 0 Å². The predicted molar refractivity (Wildman–Crippen MR) is 48.2 cm³/mol. The van der Waals surface area contributed by atoms with E-state index in [2.05, 4.69) is 24.4 Å². The van der Waals surface area contributed by atoms with Crippen molar-refractivity contribution in [2.24, 2.45) is 0 Å². The maximum atomic E-state index is 5.64. The molecule has 2 heteroatoms. The lowest BCUT2D eigenvalue weighted by Crippen LogP contribution is -2.32. The van der Waals surface area contributed by atoms with Gasteiger partial charge in [-0.1, -0.05) is 25.1 Å². The highest BCUT2D eigenvalue weighted by Gasteiger charge is 2.20. The third-order valence-corrected chi connectivity index (χ3v) is 2.08. The number of fused-ring (bicyclic) bond motifs is 1. The second-order valence-corrected chi connectivity index (χ2v) is 2.98. The Morgan fingerprint density at radius 3 is 3.08 bits per heavy atom. The van der Waals surface area contributed by atoms with E-state index < -0.39 is 0 Å². The van der Waals surface area contributed by atoms with Crippen LogP contribution >= 0.6 is 0 Å². The lowest BCUT2D eigenvalue weighted by molar-refractivity contribution is 0.195. The van der Waals surface area contributed by atoms with Gasteiger partial charge in [0.25, 0.3) is 0 Å². The fraction of sp³-hybridized carbons (Fsp3) is 0.400.